The Kier molecular flexibility index (Phi) is 6.11. The monoisotopic (exact) mass is 367 g/mol. The van der Waals surface area contributed by atoms with E-state index in [1.54, 1.807) is 18.2 Å². The summed E-state index contributed by atoms with van der Waals surface area (Å²) in [6.45, 7) is -0.353. The first-order valence-electron chi connectivity index (χ1n) is 6.60. The number of nitrogens with zero attached hydrogens (tertiary/aromatic N) is 2. The van der Waals surface area contributed by atoms with Crippen LogP contribution in [0.1, 0.15) is 5.56 Å². The highest BCUT2D eigenvalue weighted by Gasteiger charge is 2.07. The number of hydrogen-bond acceptors (Lipinski definition) is 5. The van der Waals surface area contributed by atoms with E-state index in [4.69, 9.17) is 28.0 Å². The van der Waals surface area contributed by atoms with Crippen molar-refractivity contribution in [3.05, 3.63) is 68.2 Å². The van der Waals surface area contributed by atoms with Crippen LogP contribution in [0.15, 0.2) is 47.6 Å². The molecule has 0 aliphatic heterocycles. The Bertz CT molecular complexity index is 796. The van der Waals surface area contributed by atoms with Crippen molar-refractivity contribution in [2.45, 2.75) is 0 Å². The Balaban J connectivity index is 1.87. The van der Waals surface area contributed by atoms with Crippen LogP contribution >= 0.6 is 23.2 Å². The zero-order valence-corrected chi connectivity index (χ0v) is 13.6. The molecular formula is C15H11Cl2N3O4. The predicted octanol–water partition coefficient (Wildman–Crippen LogP) is 3.89. The second-order valence-corrected chi connectivity index (χ2v) is 5.38. The quantitative estimate of drug-likeness (QED) is 0.476. The fourth-order valence-corrected chi connectivity index (χ4v) is 2.03. The molecule has 0 spiro atoms. The molecule has 0 atom stereocenters. The molecule has 0 fully saturated rings. The van der Waals surface area contributed by atoms with Gasteiger partial charge < -0.3 is 10.2 Å². The van der Waals surface area contributed by atoms with Crippen molar-refractivity contribution in [2.24, 2.45) is 5.16 Å². The van der Waals surface area contributed by atoms with Crippen LogP contribution in [-0.2, 0) is 9.63 Å². The molecule has 0 bridgehead atoms. The van der Waals surface area contributed by atoms with Crippen molar-refractivity contribution < 1.29 is 14.6 Å². The van der Waals surface area contributed by atoms with E-state index in [0.29, 0.717) is 21.3 Å². The Labute approximate surface area is 147 Å². The number of non-ortho nitro benzene ring substituents is 1. The number of hydrogen-bond donors (Lipinski definition) is 1. The predicted molar refractivity (Wildman–Crippen MR) is 91.7 cm³/mol. The van der Waals surface area contributed by atoms with Gasteiger partial charge in [0.2, 0.25) is 0 Å². The third-order valence-corrected chi connectivity index (χ3v) is 3.32. The smallest absolute Gasteiger partial charge is 0.270 e. The Hall–Kier alpha value is -2.64. The van der Waals surface area contributed by atoms with Gasteiger partial charge in [0.15, 0.2) is 6.61 Å². The van der Waals surface area contributed by atoms with Crippen LogP contribution in [0.2, 0.25) is 10.0 Å². The second-order valence-electron chi connectivity index (χ2n) is 4.53. The van der Waals surface area contributed by atoms with Gasteiger partial charge in [-0.05, 0) is 18.2 Å². The minimum absolute atomic E-state index is 0.0627. The molecule has 2 aromatic carbocycles. The van der Waals surface area contributed by atoms with Crippen molar-refractivity contribution in [3.63, 3.8) is 0 Å². The maximum atomic E-state index is 11.7. The van der Waals surface area contributed by atoms with Crippen LogP contribution in [0.25, 0.3) is 0 Å². The lowest BCUT2D eigenvalue weighted by Crippen LogP contribution is -2.17. The molecular weight excluding hydrogens is 357 g/mol. The van der Waals surface area contributed by atoms with Crippen LogP contribution < -0.4 is 5.32 Å². The number of amides is 1. The molecule has 9 heteroatoms. The molecule has 0 saturated heterocycles. The van der Waals surface area contributed by atoms with Crippen LogP contribution in [0.3, 0.4) is 0 Å². The van der Waals surface area contributed by atoms with Gasteiger partial charge >= 0.3 is 0 Å². The van der Waals surface area contributed by atoms with Gasteiger partial charge in [-0.3, -0.25) is 14.9 Å². The number of oxime groups is 1. The summed E-state index contributed by atoms with van der Waals surface area (Å²) in [5.74, 6) is -0.477. The molecule has 0 aromatic heterocycles. The average molecular weight is 368 g/mol. The van der Waals surface area contributed by atoms with Crippen molar-refractivity contribution in [1.82, 2.24) is 0 Å². The molecule has 2 rings (SSSR count). The van der Waals surface area contributed by atoms with Gasteiger partial charge in [-0.25, -0.2) is 0 Å². The fraction of sp³-hybridized carbons (Fsp3) is 0.0667. The van der Waals surface area contributed by atoms with E-state index in [2.05, 4.69) is 10.5 Å². The van der Waals surface area contributed by atoms with Crippen molar-refractivity contribution in [3.8, 4) is 0 Å². The van der Waals surface area contributed by atoms with E-state index in [-0.39, 0.29) is 12.3 Å². The summed E-state index contributed by atoms with van der Waals surface area (Å²) in [5.41, 5.74) is 0.773. The van der Waals surface area contributed by atoms with Gasteiger partial charge in [0, 0.05) is 22.7 Å². The lowest BCUT2D eigenvalue weighted by atomic mass is 10.2. The summed E-state index contributed by atoms with van der Waals surface area (Å²) in [5, 5.41) is 17.6. The third kappa shape index (κ3) is 5.22. The van der Waals surface area contributed by atoms with Gasteiger partial charge in [-0.2, -0.15) is 0 Å². The summed E-state index contributed by atoms with van der Waals surface area (Å²) < 4.78 is 0. The molecule has 0 aliphatic carbocycles. The van der Waals surface area contributed by atoms with E-state index in [1.165, 1.54) is 30.5 Å². The molecule has 0 aliphatic rings. The summed E-state index contributed by atoms with van der Waals surface area (Å²) in [4.78, 5) is 26.7. The number of nitro benzene ring substituents is 1. The number of halogens is 2. The van der Waals surface area contributed by atoms with Gasteiger partial charge in [0.1, 0.15) is 0 Å². The van der Waals surface area contributed by atoms with E-state index >= 15 is 0 Å². The highest BCUT2D eigenvalue weighted by molar-refractivity contribution is 6.35. The average Bonchev–Trinajstić information content (AvgIpc) is 2.55. The molecule has 24 heavy (non-hydrogen) atoms. The van der Waals surface area contributed by atoms with Crippen molar-refractivity contribution in [1.29, 1.82) is 0 Å². The van der Waals surface area contributed by atoms with Crippen LogP contribution in [0.4, 0.5) is 11.4 Å². The van der Waals surface area contributed by atoms with Crippen LogP contribution in [-0.4, -0.2) is 23.7 Å². The van der Waals surface area contributed by atoms with E-state index in [9.17, 15) is 14.9 Å². The van der Waals surface area contributed by atoms with E-state index < -0.39 is 10.8 Å². The van der Waals surface area contributed by atoms with Crippen LogP contribution in [0, 0.1) is 10.1 Å². The van der Waals surface area contributed by atoms with Crippen molar-refractivity contribution in [2.75, 3.05) is 11.9 Å². The molecule has 1 N–H and O–H groups in total. The minimum atomic E-state index is -0.514. The van der Waals surface area contributed by atoms with Crippen LogP contribution in [0.5, 0.6) is 0 Å². The number of nitrogens with one attached hydrogen (secondary N) is 1. The third-order valence-electron chi connectivity index (χ3n) is 2.76. The van der Waals surface area contributed by atoms with E-state index in [1.807, 2.05) is 0 Å². The van der Waals surface area contributed by atoms with Gasteiger partial charge in [-0.1, -0.05) is 40.5 Å². The molecule has 124 valence electrons. The fourth-order valence-electron chi connectivity index (χ4n) is 1.69. The molecule has 0 radical (unpaired) electrons. The topological polar surface area (TPSA) is 93.8 Å². The molecule has 7 nitrogen and oxygen atoms in total. The van der Waals surface area contributed by atoms with Gasteiger partial charge in [0.05, 0.1) is 21.8 Å². The Morgan fingerprint density at radius 1 is 1.29 bits per heavy atom. The summed E-state index contributed by atoms with van der Waals surface area (Å²) in [6.07, 6.45) is 1.27. The second kappa shape index (κ2) is 8.28. The Morgan fingerprint density at radius 2 is 2.08 bits per heavy atom. The standard InChI is InChI=1S/C15H11Cl2N3O4/c16-11-4-5-13(17)14(7-11)19-15(21)9-24-18-8-10-2-1-3-12(6-10)20(22)23/h1-8H,9H2,(H,19,21)/b18-8-. The number of nitro groups is 1. The zero-order chi connectivity index (χ0) is 17.5. The maximum absolute atomic E-state index is 11.7. The SMILES string of the molecule is O=C(CO/N=C\c1cccc([N+](=O)[O-])c1)Nc1cc(Cl)ccc1Cl. The molecule has 0 saturated carbocycles. The summed E-state index contributed by atoms with van der Waals surface area (Å²) in [7, 11) is 0. The number of benzene rings is 2. The molecule has 0 unspecified atom stereocenters. The highest BCUT2D eigenvalue weighted by atomic mass is 35.5. The molecule has 1 amide bonds. The maximum Gasteiger partial charge on any atom is 0.270 e. The number of rotatable bonds is 6. The molecule has 2 aromatic rings. The van der Waals surface area contributed by atoms with Gasteiger partial charge in [0.25, 0.3) is 11.6 Å². The normalized spacial score (nSPS) is 10.6. The van der Waals surface area contributed by atoms with Crippen molar-refractivity contribution >= 4 is 46.7 Å². The number of anilines is 1. The molecule has 0 heterocycles. The first-order chi connectivity index (χ1) is 11.5. The first-order valence-corrected chi connectivity index (χ1v) is 7.36. The first kappa shape index (κ1) is 17.7. The summed E-state index contributed by atoms with van der Waals surface area (Å²) >= 11 is 11.7. The zero-order valence-electron chi connectivity index (χ0n) is 12.1. The highest BCUT2D eigenvalue weighted by Crippen LogP contribution is 2.25. The summed E-state index contributed by atoms with van der Waals surface area (Å²) in [6, 6.07) is 10.5. The van der Waals surface area contributed by atoms with Gasteiger partial charge in [-0.15, -0.1) is 0 Å². The minimum Gasteiger partial charge on any atom is -0.386 e. The lowest BCUT2D eigenvalue weighted by molar-refractivity contribution is -0.384. The van der Waals surface area contributed by atoms with E-state index in [0.717, 1.165) is 0 Å². The largest absolute Gasteiger partial charge is 0.386 e. The lowest BCUT2D eigenvalue weighted by Gasteiger charge is -2.06. The number of carbonyl (C=O) groups excluding carboxylic acids is 1. The Morgan fingerprint density at radius 3 is 2.83 bits per heavy atom. The number of carbonyl (C=O) groups is 1.